The Kier molecular flexibility index (Phi) is 5.95. The highest BCUT2D eigenvalue weighted by Crippen LogP contribution is 2.36. The first kappa shape index (κ1) is 20.8. The lowest BCUT2D eigenvalue weighted by Gasteiger charge is -2.20. The monoisotopic (exact) mass is 466 g/mol. The zero-order valence-corrected chi connectivity index (χ0v) is 18.6. The molecule has 0 atom stereocenters. The van der Waals surface area contributed by atoms with Gasteiger partial charge in [-0.25, -0.2) is 14.1 Å². The van der Waals surface area contributed by atoms with Gasteiger partial charge in [-0.05, 0) is 41.0 Å². The zero-order valence-electron chi connectivity index (χ0n) is 17.0. The number of hydrogen-bond acceptors (Lipinski definition) is 7. The van der Waals surface area contributed by atoms with Crippen LogP contribution in [-0.2, 0) is 11.3 Å². The Labute approximate surface area is 192 Å². The van der Waals surface area contributed by atoms with Crippen LogP contribution in [0, 0.1) is 5.82 Å². The molecule has 1 aliphatic carbocycles. The van der Waals surface area contributed by atoms with Gasteiger partial charge < -0.3 is 0 Å². The molecule has 32 heavy (non-hydrogen) atoms. The molecular weight excluding hydrogens is 447 g/mol. The van der Waals surface area contributed by atoms with E-state index < -0.39 is 0 Å². The van der Waals surface area contributed by atoms with Gasteiger partial charge in [0, 0.05) is 10.9 Å². The van der Waals surface area contributed by atoms with E-state index in [1.165, 1.54) is 35.2 Å². The van der Waals surface area contributed by atoms with Gasteiger partial charge in [0.25, 0.3) is 0 Å². The molecule has 2 aromatic heterocycles. The number of anilines is 1. The van der Waals surface area contributed by atoms with E-state index in [-0.39, 0.29) is 17.5 Å². The molecule has 0 N–H and O–H groups in total. The number of thioether (sulfide) groups is 1. The molecule has 5 rings (SSSR count). The maximum Gasteiger partial charge on any atom is 0.239 e. The number of aromatic nitrogens is 5. The minimum Gasteiger partial charge on any atom is -0.283 e. The molecule has 0 radical (unpaired) electrons. The average molecular weight is 467 g/mol. The summed E-state index contributed by atoms with van der Waals surface area (Å²) in [6.07, 6.45) is 2.12. The molecular formula is C22H19FN6OS2. The Hall–Kier alpha value is -3.11. The fourth-order valence-electron chi connectivity index (χ4n) is 3.20. The van der Waals surface area contributed by atoms with Crippen molar-refractivity contribution in [3.8, 4) is 11.3 Å². The molecule has 4 aromatic rings. The maximum atomic E-state index is 13.4. The highest BCUT2D eigenvalue weighted by molar-refractivity contribution is 7.99. The van der Waals surface area contributed by atoms with E-state index >= 15 is 0 Å². The summed E-state index contributed by atoms with van der Waals surface area (Å²) in [5.41, 5.74) is 2.62. The van der Waals surface area contributed by atoms with Crippen molar-refractivity contribution in [3.05, 3.63) is 71.4 Å². The molecule has 7 nitrogen and oxygen atoms in total. The van der Waals surface area contributed by atoms with E-state index in [4.69, 9.17) is 4.98 Å². The third-order valence-corrected chi connectivity index (χ3v) is 6.81. The zero-order chi connectivity index (χ0) is 21.9. The van der Waals surface area contributed by atoms with Gasteiger partial charge in [-0.1, -0.05) is 54.2 Å². The highest BCUT2D eigenvalue weighted by Gasteiger charge is 2.29. The Morgan fingerprint density at radius 2 is 1.94 bits per heavy atom. The molecule has 1 aliphatic rings. The van der Waals surface area contributed by atoms with Gasteiger partial charge >= 0.3 is 0 Å². The van der Waals surface area contributed by atoms with Gasteiger partial charge in [-0.15, -0.1) is 16.4 Å². The molecule has 2 heterocycles. The summed E-state index contributed by atoms with van der Waals surface area (Å²) in [6, 6.07) is 16.3. The summed E-state index contributed by atoms with van der Waals surface area (Å²) in [6.45, 7) is 0.301. The molecule has 0 bridgehead atoms. The Bertz CT molecular complexity index is 1210. The second-order valence-electron chi connectivity index (χ2n) is 7.41. The molecule has 0 saturated heterocycles. The summed E-state index contributed by atoms with van der Waals surface area (Å²) >= 11 is 2.73. The van der Waals surface area contributed by atoms with E-state index in [0.29, 0.717) is 22.9 Å². The largest absolute Gasteiger partial charge is 0.283 e. The molecule has 10 heteroatoms. The number of carbonyl (C=O) groups excluding carboxylic acids is 1. The summed E-state index contributed by atoms with van der Waals surface area (Å²) in [5.74, 6) is -0.248. The number of carbonyl (C=O) groups is 1. The van der Waals surface area contributed by atoms with E-state index in [9.17, 15) is 9.18 Å². The van der Waals surface area contributed by atoms with Crippen molar-refractivity contribution >= 4 is 34.1 Å². The van der Waals surface area contributed by atoms with Crippen molar-refractivity contribution in [2.45, 2.75) is 30.6 Å². The van der Waals surface area contributed by atoms with Crippen LogP contribution in [0.1, 0.15) is 24.4 Å². The van der Waals surface area contributed by atoms with Gasteiger partial charge in [-0.2, -0.15) is 0 Å². The van der Waals surface area contributed by atoms with Crippen LogP contribution in [0.25, 0.3) is 11.3 Å². The van der Waals surface area contributed by atoms with Gasteiger partial charge in [0.15, 0.2) is 5.13 Å². The average Bonchev–Trinajstić information content (AvgIpc) is 3.35. The number of thiazole rings is 1. The topological polar surface area (TPSA) is 76.8 Å². The molecule has 0 unspecified atom stereocenters. The number of hydrogen-bond donors (Lipinski definition) is 0. The second-order valence-corrected chi connectivity index (χ2v) is 9.19. The van der Waals surface area contributed by atoms with Crippen LogP contribution in [0.5, 0.6) is 0 Å². The standard InChI is InChI=1S/C22H19FN6OS2/c23-17-8-6-15(7-9-17)12-28(21-24-19(13-31-21)16-4-2-1-3-5-16)20(30)14-32-22-25-26-27-29(22)18-10-11-18/h1-9,13,18H,10-12,14H2. The lowest BCUT2D eigenvalue weighted by atomic mass is 10.2. The van der Waals surface area contributed by atoms with Gasteiger partial charge in [-0.3, -0.25) is 9.69 Å². The van der Waals surface area contributed by atoms with Crippen molar-refractivity contribution in [2.24, 2.45) is 0 Å². The quantitative estimate of drug-likeness (QED) is 0.353. The molecule has 1 amide bonds. The lowest BCUT2D eigenvalue weighted by Crippen LogP contribution is -2.32. The van der Waals surface area contributed by atoms with Crippen LogP contribution in [0.2, 0.25) is 0 Å². The fourth-order valence-corrected chi connectivity index (χ4v) is 4.87. The second kappa shape index (κ2) is 9.17. The number of nitrogens with zero attached hydrogens (tertiary/aromatic N) is 6. The normalized spacial score (nSPS) is 13.3. The number of rotatable bonds is 8. The summed E-state index contributed by atoms with van der Waals surface area (Å²) in [7, 11) is 0. The minimum atomic E-state index is -0.310. The molecule has 0 aliphatic heterocycles. The summed E-state index contributed by atoms with van der Waals surface area (Å²) in [4.78, 5) is 19.6. The van der Waals surface area contributed by atoms with Crippen LogP contribution >= 0.6 is 23.1 Å². The van der Waals surface area contributed by atoms with Gasteiger partial charge in [0.2, 0.25) is 11.1 Å². The third-order valence-electron chi connectivity index (χ3n) is 5.03. The molecule has 1 saturated carbocycles. The first-order chi connectivity index (χ1) is 15.7. The third kappa shape index (κ3) is 4.71. The molecule has 162 valence electrons. The van der Waals surface area contributed by atoms with Crippen LogP contribution in [0.3, 0.4) is 0 Å². The number of tetrazole rings is 1. The maximum absolute atomic E-state index is 13.4. The SMILES string of the molecule is O=C(CSc1nnnn1C1CC1)N(Cc1ccc(F)cc1)c1nc(-c2ccccc2)cs1. The summed E-state index contributed by atoms with van der Waals surface area (Å²) < 4.78 is 15.2. The first-order valence-corrected chi connectivity index (χ1v) is 12.0. The number of halogens is 1. The van der Waals surface area contributed by atoms with Crippen LogP contribution in [-0.4, -0.2) is 36.9 Å². The molecule has 1 fully saturated rings. The number of amides is 1. The minimum absolute atomic E-state index is 0.112. The van der Waals surface area contributed by atoms with Gasteiger partial charge in [0.05, 0.1) is 24.0 Å². The van der Waals surface area contributed by atoms with Crippen molar-refractivity contribution in [1.82, 2.24) is 25.2 Å². The van der Waals surface area contributed by atoms with Crippen LogP contribution in [0.4, 0.5) is 9.52 Å². The smallest absolute Gasteiger partial charge is 0.239 e. The highest BCUT2D eigenvalue weighted by atomic mass is 32.2. The van der Waals surface area contributed by atoms with E-state index in [2.05, 4.69) is 15.5 Å². The predicted octanol–water partition coefficient (Wildman–Crippen LogP) is 4.60. The Morgan fingerprint density at radius 1 is 1.16 bits per heavy atom. The van der Waals surface area contributed by atoms with E-state index in [1.807, 2.05) is 35.7 Å². The molecule has 0 spiro atoms. The predicted molar refractivity (Wildman–Crippen MR) is 122 cm³/mol. The van der Waals surface area contributed by atoms with Crippen molar-refractivity contribution in [2.75, 3.05) is 10.7 Å². The van der Waals surface area contributed by atoms with Crippen molar-refractivity contribution < 1.29 is 9.18 Å². The fraction of sp³-hybridized carbons (Fsp3) is 0.227. The lowest BCUT2D eigenvalue weighted by molar-refractivity contribution is -0.116. The van der Waals surface area contributed by atoms with Crippen LogP contribution < -0.4 is 4.90 Å². The Balaban J connectivity index is 1.37. The number of benzene rings is 2. The van der Waals surface area contributed by atoms with Gasteiger partial charge in [0.1, 0.15) is 5.82 Å². The molecule has 2 aromatic carbocycles. The van der Waals surface area contributed by atoms with E-state index in [0.717, 1.165) is 29.7 Å². The van der Waals surface area contributed by atoms with Crippen molar-refractivity contribution in [1.29, 1.82) is 0 Å². The van der Waals surface area contributed by atoms with E-state index in [1.54, 1.807) is 21.7 Å². The first-order valence-electron chi connectivity index (χ1n) is 10.1. The van der Waals surface area contributed by atoms with Crippen molar-refractivity contribution in [3.63, 3.8) is 0 Å². The van der Waals surface area contributed by atoms with Crippen LogP contribution in [0.15, 0.2) is 65.1 Å². The Morgan fingerprint density at radius 3 is 2.69 bits per heavy atom. The summed E-state index contributed by atoms with van der Waals surface area (Å²) in [5, 5.41) is 15.0.